The fourth-order valence-corrected chi connectivity index (χ4v) is 3.95. The second kappa shape index (κ2) is 7.82. The van der Waals surface area contributed by atoms with E-state index in [2.05, 4.69) is 31.2 Å². The smallest absolute Gasteiger partial charge is 0.263 e. The lowest BCUT2D eigenvalue weighted by Crippen LogP contribution is -2.44. The Bertz CT molecular complexity index is 858. The van der Waals surface area contributed by atoms with Crippen LogP contribution < -0.4 is 15.6 Å². The third kappa shape index (κ3) is 3.67. The number of fused-ring (bicyclic) bond motifs is 1. The van der Waals surface area contributed by atoms with E-state index in [9.17, 15) is 9.18 Å². The van der Waals surface area contributed by atoms with E-state index in [1.807, 2.05) is 6.92 Å². The van der Waals surface area contributed by atoms with E-state index in [0.29, 0.717) is 5.16 Å². The fourth-order valence-electron chi connectivity index (χ4n) is 2.99. The van der Waals surface area contributed by atoms with Gasteiger partial charge in [0.05, 0.1) is 4.47 Å². The van der Waals surface area contributed by atoms with Crippen LogP contribution in [0.3, 0.4) is 0 Å². The molecule has 1 aliphatic rings. The Morgan fingerprint density at radius 2 is 2.24 bits per heavy atom. The molecule has 0 amide bonds. The summed E-state index contributed by atoms with van der Waals surface area (Å²) in [6.07, 6.45) is 4.76. The van der Waals surface area contributed by atoms with Gasteiger partial charge in [-0.15, -0.1) is 0 Å². The molecule has 1 fully saturated rings. The van der Waals surface area contributed by atoms with Gasteiger partial charge in [-0.2, -0.15) is 0 Å². The van der Waals surface area contributed by atoms with Crippen LogP contribution >= 0.6 is 39.3 Å². The molecule has 1 aromatic heterocycles. The van der Waals surface area contributed by atoms with Crippen LogP contribution in [0.4, 0.5) is 4.39 Å². The molecule has 0 spiro atoms. The summed E-state index contributed by atoms with van der Waals surface area (Å²) in [7, 11) is 0. The van der Waals surface area contributed by atoms with Crippen molar-refractivity contribution in [2.75, 3.05) is 12.8 Å². The first-order valence-corrected chi connectivity index (χ1v) is 10.4. The molecule has 0 saturated carbocycles. The van der Waals surface area contributed by atoms with Crippen molar-refractivity contribution < 1.29 is 9.13 Å². The van der Waals surface area contributed by atoms with Gasteiger partial charge in [-0.3, -0.25) is 4.79 Å². The highest BCUT2D eigenvalue weighted by atomic mass is 79.9. The molecule has 2 N–H and O–H groups in total. The van der Waals surface area contributed by atoms with Gasteiger partial charge < -0.3 is 15.0 Å². The van der Waals surface area contributed by atoms with Gasteiger partial charge in [0.2, 0.25) is 0 Å². The van der Waals surface area contributed by atoms with Gasteiger partial charge in [-0.25, -0.2) is 9.37 Å². The molecule has 3 rings (SSSR count). The monoisotopic (exact) mass is 449 g/mol. The number of aromatic amines is 1. The maximum Gasteiger partial charge on any atom is 0.263 e. The Morgan fingerprint density at radius 3 is 2.88 bits per heavy atom. The van der Waals surface area contributed by atoms with Crippen LogP contribution in [0.1, 0.15) is 26.2 Å². The zero-order valence-corrected chi connectivity index (χ0v) is 16.9. The van der Waals surface area contributed by atoms with E-state index in [4.69, 9.17) is 16.3 Å². The zero-order valence-electron chi connectivity index (χ0n) is 13.8. The first-order valence-electron chi connectivity index (χ1n) is 7.98. The van der Waals surface area contributed by atoms with Crippen LogP contribution in [0.2, 0.25) is 5.02 Å². The molecule has 1 aromatic carbocycles. The third-order valence-electron chi connectivity index (χ3n) is 4.33. The zero-order chi connectivity index (χ0) is 18.1. The van der Waals surface area contributed by atoms with Crippen LogP contribution in [0.5, 0.6) is 5.75 Å². The molecule has 0 unspecified atom stereocenters. The summed E-state index contributed by atoms with van der Waals surface area (Å²) >= 11 is 10.7. The molecule has 0 radical (unpaired) electrons. The van der Waals surface area contributed by atoms with Gasteiger partial charge in [0.25, 0.3) is 5.56 Å². The standard InChI is InChI=1S/C16H18BrClFN3O2S/c1-7(8-5-3-4-6-20-8)24-14-9-13(12(19)10(17)11(14)18)21-16(25-2)22-15(9)23/h7-8,20H,3-6H2,1-2H3,(H,21,22,23)/t7-,8-/m0/s1. The molecule has 0 bridgehead atoms. The number of nitrogens with one attached hydrogen (secondary N) is 2. The summed E-state index contributed by atoms with van der Waals surface area (Å²) in [5.74, 6) is -0.511. The summed E-state index contributed by atoms with van der Waals surface area (Å²) in [6.45, 7) is 2.85. The number of nitrogens with zero attached hydrogens (tertiary/aromatic N) is 1. The van der Waals surface area contributed by atoms with E-state index in [0.717, 1.165) is 25.8 Å². The molecule has 2 aromatic rings. The van der Waals surface area contributed by atoms with Gasteiger partial charge >= 0.3 is 0 Å². The molecule has 1 saturated heterocycles. The van der Waals surface area contributed by atoms with Crippen LogP contribution in [-0.2, 0) is 0 Å². The van der Waals surface area contributed by atoms with Crippen molar-refractivity contribution in [1.29, 1.82) is 0 Å². The highest BCUT2D eigenvalue weighted by Gasteiger charge is 2.27. The minimum absolute atomic E-state index is 0.0335. The van der Waals surface area contributed by atoms with E-state index in [1.54, 1.807) is 6.26 Å². The van der Waals surface area contributed by atoms with Crippen molar-refractivity contribution >= 4 is 50.2 Å². The Balaban J connectivity index is 2.11. The van der Waals surface area contributed by atoms with Crippen molar-refractivity contribution in [1.82, 2.24) is 15.3 Å². The van der Waals surface area contributed by atoms with Crippen LogP contribution in [0, 0.1) is 5.82 Å². The molecule has 136 valence electrons. The van der Waals surface area contributed by atoms with Gasteiger partial charge in [0.15, 0.2) is 16.7 Å². The van der Waals surface area contributed by atoms with Gasteiger partial charge in [-0.05, 0) is 48.5 Å². The molecule has 2 heterocycles. The van der Waals surface area contributed by atoms with E-state index >= 15 is 0 Å². The predicted octanol–water partition coefficient (Wildman–Crippen LogP) is 4.11. The van der Waals surface area contributed by atoms with Gasteiger partial charge in [-0.1, -0.05) is 29.8 Å². The first kappa shape index (κ1) is 18.9. The number of hydrogen-bond donors (Lipinski definition) is 2. The predicted molar refractivity (Wildman–Crippen MR) is 103 cm³/mol. The van der Waals surface area contributed by atoms with E-state index in [-0.39, 0.29) is 38.3 Å². The topological polar surface area (TPSA) is 67.0 Å². The summed E-state index contributed by atoms with van der Waals surface area (Å²) in [6, 6.07) is 0.154. The third-order valence-corrected chi connectivity index (χ3v) is 6.24. The summed E-state index contributed by atoms with van der Waals surface area (Å²) in [5, 5.41) is 3.81. The maximum atomic E-state index is 14.6. The normalized spacial score (nSPS) is 19.2. The first-order chi connectivity index (χ1) is 11.9. The van der Waals surface area contributed by atoms with Crippen molar-refractivity contribution in [3.63, 3.8) is 0 Å². The number of benzene rings is 1. The summed E-state index contributed by atoms with van der Waals surface area (Å²) < 4.78 is 20.7. The second-order valence-electron chi connectivity index (χ2n) is 5.95. The Kier molecular flexibility index (Phi) is 5.92. The molecule has 9 heteroatoms. The van der Waals surface area contributed by atoms with E-state index in [1.165, 1.54) is 11.8 Å². The highest BCUT2D eigenvalue weighted by molar-refractivity contribution is 9.10. The minimum atomic E-state index is -0.669. The lowest BCUT2D eigenvalue weighted by molar-refractivity contribution is 0.154. The average molecular weight is 451 g/mol. The van der Waals surface area contributed by atoms with E-state index < -0.39 is 11.4 Å². The molecule has 1 aliphatic heterocycles. The Labute approximate surface area is 162 Å². The van der Waals surface area contributed by atoms with Gasteiger partial charge in [0.1, 0.15) is 22.0 Å². The number of thioether (sulfide) groups is 1. The van der Waals surface area contributed by atoms with Crippen LogP contribution in [-0.4, -0.2) is 34.9 Å². The quantitative estimate of drug-likeness (QED) is 0.417. The summed E-state index contributed by atoms with van der Waals surface area (Å²) in [4.78, 5) is 19.3. The summed E-state index contributed by atoms with van der Waals surface area (Å²) in [5.41, 5.74) is -0.523. The highest BCUT2D eigenvalue weighted by Crippen LogP contribution is 2.40. The number of hydrogen-bond acceptors (Lipinski definition) is 5. The molecule has 5 nitrogen and oxygen atoms in total. The van der Waals surface area contributed by atoms with Crippen LogP contribution in [0.25, 0.3) is 10.9 Å². The Hall–Kier alpha value is -0.830. The Morgan fingerprint density at radius 1 is 1.48 bits per heavy atom. The number of rotatable bonds is 4. The largest absolute Gasteiger partial charge is 0.487 e. The number of aromatic nitrogens is 2. The number of H-pyrrole nitrogens is 1. The number of ether oxygens (including phenoxy) is 1. The molecular weight excluding hydrogens is 433 g/mol. The number of piperidine rings is 1. The van der Waals surface area contributed by atoms with Gasteiger partial charge in [0, 0.05) is 6.04 Å². The maximum absolute atomic E-state index is 14.6. The van der Waals surface area contributed by atoms with Crippen LogP contribution in [0.15, 0.2) is 14.4 Å². The SMILES string of the molecule is CSc1nc2c(F)c(Br)c(Cl)c(O[C@@H](C)[C@@H]3CCCCN3)c2c(=O)[nH]1. The average Bonchev–Trinajstić information content (AvgIpc) is 2.63. The lowest BCUT2D eigenvalue weighted by atomic mass is 10.0. The molecule has 25 heavy (non-hydrogen) atoms. The molecule has 0 aliphatic carbocycles. The van der Waals surface area contributed by atoms with Crippen molar-refractivity contribution in [3.05, 3.63) is 25.7 Å². The van der Waals surface area contributed by atoms with Crippen molar-refractivity contribution in [3.8, 4) is 5.75 Å². The molecular formula is C16H18BrClFN3O2S. The second-order valence-corrected chi connectivity index (χ2v) is 7.92. The lowest BCUT2D eigenvalue weighted by Gasteiger charge is -2.30. The van der Waals surface area contributed by atoms with Crippen molar-refractivity contribution in [2.24, 2.45) is 0 Å². The molecule has 2 atom stereocenters. The van der Waals surface area contributed by atoms with Crippen molar-refractivity contribution in [2.45, 2.75) is 43.5 Å². The number of halogens is 3. The fraction of sp³-hybridized carbons (Fsp3) is 0.500. The minimum Gasteiger partial charge on any atom is -0.487 e.